The zero-order chi connectivity index (χ0) is 18.4. The Hall–Kier alpha value is -1.69. The number of hydrogen-bond acceptors (Lipinski definition) is 3. The summed E-state index contributed by atoms with van der Waals surface area (Å²) in [5.41, 5.74) is 1.27. The molecule has 1 amide bonds. The third kappa shape index (κ3) is 3.08. The van der Waals surface area contributed by atoms with E-state index in [0.717, 1.165) is 6.42 Å². The number of anilines is 1. The van der Waals surface area contributed by atoms with Gasteiger partial charge in [0.15, 0.2) is 0 Å². The Morgan fingerprint density at radius 2 is 2.00 bits per heavy atom. The highest BCUT2D eigenvalue weighted by Gasteiger charge is 2.55. The van der Waals surface area contributed by atoms with Crippen molar-refractivity contribution in [1.82, 2.24) is 4.98 Å². The van der Waals surface area contributed by atoms with Crippen LogP contribution in [0.5, 0.6) is 0 Å². The number of aliphatic hydroxyl groups is 1. The van der Waals surface area contributed by atoms with Gasteiger partial charge < -0.3 is 10.4 Å². The molecule has 0 aliphatic heterocycles. The van der Waals surface area contributed by atoms with Gasteiger partial charge in [0, 0.05) is 23.7 Å². The molecule has 4 nitrogen and oxygen atoms in total. The lowest BCUT2D eigenvalue weighted by atomic mass is 9.74. The van der Waals surface area contributed by atoms with E-state index in [-0.39, 0.29) is 29.6 Å². The molecule has 0 spiro atoms. The summed E-state index contributed by atoms with van der Waals surface area (Å²) in [6.07, 6.45) is 2.29. The number of nitrogens with zero attached hydrogens (tertiary/aromatic N) is 1. The standard InChI is InChI=1S/C19H17Cl2FN2O2/c20-13-2-1-11(8-14(13)21)24-19(26)18-10-5-12(15(25)6-10)17(18)9-3-4-23-16(22)7-9/h1-4,7-8,10,12,15,17-18,25H,5-6H2,(H,24,26)/t10-,12+,15+,17+,18-/m0/s1. The van der Waals surface area contributed by atoms with E-state index in [2.05, 4.69) is 10.3 Å². The van der Waals surface area contributed by atoms with Gasteiger partial charge >= 0.3 is 0 Å². The molecule has 0 radical (unpaired) electrons. The van der Waals surface area contributed by atoms with Gasteiger partial charge in [-0.15, -0.1) is 0 Å². The van der Waals surface area contributed by atoms with Crippen molar-refractivity contribution >= 4 is 34.8 Å². The summed E-state index contributed by atoms with van der Waals surface area (Å²) in [5, 5.41) is 14.0. The fourth-order valence-corrected chi connectivity index (χ4v) is 4.88. The van der Waals surface area contributed by atoms with Crippen LogP contribution in [0.4, 0.5) is 10.1 Å². The second-order valence-electron chi connectivity index (χ2n) is 7.04. The average molecular weight is 395 g/mol. The normalized spacial score (nSPS) is 29.8. The summed E-state index contributed by atoms with van der Waals surface area (Å²) < 4.78 is 13.6. The number of carbonyl (C=O) groups excluding carboxylic acids is 1. The van der Waals surface area contributed by atoms with Crippen LogP contribution in [0.1, 0.15) is 24.3 Å². The molecular formula is C19H17Cl2FN2O2. The fraction of sp³-hybridized carbons (Fsp3) is 0.368. The molecule has 5 atom stereocenters. The largest absolute Gasteiger partial charge is 0.393 e. The van der Waals surface area contributed by atoms with Gasteiger partial charge in [0.25, 0.3) is 0 Å². The lowest BCUT2D eigenvalue weighted by Crippen LogP contribution is -2.37. The van der Waals surface area contributed by atoms with Gasteiger partial charge in [-0.1, -0.05) is 23.2 Å². The average Bonchev–Trinajstić information content (AvgIpc) is 3.15. The van der Waals surface area contributed by atoms with Crippen LogP contribution in [-0.4, -0.2) is 22.1 Å². The summed E-state index contributed by atoms with van der Waals surface area (Å²) >= 11 is 11.9. The molecule has 136 valence electrons. The maximum Gasteiger partial charge on any atom is 0.228 e. The van der Waals surface area contributed by atoms with Crippen molar-refractivity contribution in [2.75, 3.05) is 5.32 Å². The monoisotopic (exact) mass is 394 g/mol. The van der Waals surface area contributed by atoms with Gasteiger partial charge in [-0.05, 0) is 60.6 Å². The highest BCUT2D eigenvalue weighted by molar-refractivity contribution is 6.42. The van der Waals surface area contributed by atoms with Crippen LogP contribution >= 0.6 is 23.2 Å². The summed E-state index contributed by atoms with van der Waals surface area (Å²) in [6, 6.07) is 8.00. The molecule has 2 N–H and O–H groups in total. The molecule has 1 aromatic carbocycles. The number of halogens is 3. The Kier molecular flexibility index (Phi) is 4.63. The topological polar surface area (TPSA) is 62.2 Å². The van der Waals surface area contributed by atoms with E-state index in [1.54, 1.807) is 24.3 Å². The van der Waals surface area contributed by atoms with Crippen LogP contribution in [0.25, 0.3) is 0 Å². The molecule has 1 heterocycles. The number of carbonyl (C=O) groups is 1. The number of rotatable bonds is 3. The Morgan fingerprint density at radius 1 is 1.19 bits per heavy atom. The fourth-order valence-electron chi connectivity index (χ4n) is 4.58. The van der Waals surface area contributed by atoms with Crippen LogP contribution in [-0.2, 0) is 4.79 Å². The minimum Gasteiger partial charge on any atom is -0.393 e. The molecule has 2 aliphatic carbocycles. The second kappa shape index (κ2) is 6.80. The molecule has 0 saturated heterocycles. The highest BCUT2D eigenvalue weighted by Crippen LogP contribution is 2.57. The van der Waals surface area contributed by atoms with Gasteiger partial charge in [0.2, 0.25) is 11.9 Å². The smallest absolute Gasteiger partial charge is 0.228 e. The van der Waals surface area contributed by atoms with Crippen LogP contribution in [0.2, 0.25) is 10.0 Å². The number of nitrogens with one attached hydrogen (secondary N) is 1. The molecule has 2 aromatic rings. The van der Waals surface area contributed by atoms with Crippen molar-refractivity contribution in [2.24, 2.45) is 17.8 Å². The first kappa shape index (κ1) is 17.7. The van der Waals surface area contributed by atoms with Crippen LogP contribution in [0, 0.1) is 23.7 Å². The highest BCUT2D eigenvalue weighted by atomic mass is 35.5. The maximum absolute atomic E-state index is 13.6. The minimum absolute atomic E-state index is 0.0497. The summed E-state index contributed by atoms with van der Waals surface area (Å²) in [4.78, 5) is 16.6. The molecule has 26 heavy (non-hydrogen) atoms. The van der Waals surface area contributed by atoms with E-state index in [1.807, 2.05) is 0 Å². The van der Waals surface area contributed by atoms with E-state index >= 15 is 0 Å². The van der Waals surface area contributed by atoms with Crippen LogP contribution in [0.3, 0.4) is 0 Å². The van der Waals surface area contributed by atoms with Crippen molar-refractivity contribution < 1.29 is 14.3 Å². The van der Waals surface area contributed by atoms with Crippen molar-refractivity contribution in [3.05, 3.63) is 58.1 Å². The molecule has 1 aromatic heterocycles. The zero-order valence-electron chi connectivity index (χ0n) is 13.7. The number of pyridine rings is 1. The summed E-state index contributed by atoms with van der Waals surface area (Å²) in [6.45, 7) is 0. The van der Waals surface area contributed by atoms with Gasteiger partial charge in [-0.3, -0.25) is 4.79 Å². The molecule has 2 saturated carbocycles. The van der Waals surface area contributed by atoms with E-state index in [9.17, 15) is 14.3 Å². The zero-order valence-corrected chi connectivity index (χ0v) is 15.2. The van der Waals surface area contributed by atoms with Crippen molar-refractivity contribution in [1.29, 1.82) is 0 Å². The Bertz CT molecular complexity index is 863. The van der Waals surface area contributed by atoms with Crippen LogP contribution < -0.4 is 5.32 Å². The molecule has 7 heteroatoms. The van der Waals surface area contributed by atoms with Crippen molar-refractivity contribution in [3.8, 4) is 0 Å². The van der Waals surface area contributed by atoms with Crippen LogP contribution in [0.15, 0.2) is 36.5 Å². The number of aliphatic hydroxyl groups excluding tert-OH is 1. The third-order valence-corrected chi connectivity index (χ3v) is 6.33. The van der Waals surface area contributed by atoms with Gasteiger partial charge in [-0.25, -0.2) is 4.98 Å². The van der Waals surface area contributed by atoms with E-state index in [4.69, 9.17) is 23.2 Å². The number of hydrogen-bond donors (Lipinski definition) is 2. The van der Waals surface area contributed by atoms with Gasteiger partial charge in [0.05, 0.1) is 16.1 Å². The third-order valence-electron chi connectivity index (χ3n) is 5.59. The van der Waals surface area contributed by atoms with Crippen molar-refractivity contribution in [2.45, 2.75) is 24.9 Å². The molecular weight excluding hydrogens is 378 g/mol. The molecule has 2 bridgehead atoms. The Morgan fingerprint density at radius 3 is 2.73 bits per heavy atom. The molecule has 0 unspecified atom stereocenters. The Labute approximate surface area is 160 Å². The van der Waals surface area contributed by atoms with E-state index in [1.165, 1.54) is 12.3 Å². The number of fused-ring (bicyclic) bond motifs is 2. The predicted molar refractivity (Wildman–Crippen MR) is 97.7 cm³/mol. The van der Waals surface area contributed by atoms with E-state index in [0.29, 0.717) is 27.7 Å². The number of benzene rings is 1. The minimum atomic E-state index is -0.580. The number of amides is 1. The first-order valence-electron chi connectivity index (χ1n) is 8.49. The first-order chi connectivity index (χ1) is 12.4. The second-order valence-corrected chi connectivity index (χ2v) is 7.86. The SMILES string of the molecule is O=C(Nc1ccc(Cl)c(Cl)c1)[C@H]1[C@H]2C[C@@H]([C@H]1c1ccnc(F)c1)[C@H](O)C2. The summed E-state index contributed by atoms with van der Waals surface area (Å²) in [7, 11) is 0. The quantitative estimate of drug-likeness (QED) is 0.764. The molecule has 4 rings (SSSR count). The van der Waals surface area contributed by atoms with Gasteiger partial charge in [0.1, 0.15) is 0 Å². The van der Waals surface area contributed by atoms with E-state index < -0.39 is 12.1 Å². The van der Waals surface area contributed by atoms with Crippen molar-refractivity contribution in [3.63, 3.8) is 0 Å². The van der Waals surface area contributed by atoms with Gasteiger partial charge in [-0.2, -0.15) is 4.39 Å². The molecule has 2 fully saturated rings. The number of aromatic nitrogens is 1. The lowest BCUT2D eigenvalue weighted by molar-refractivity contribution is -0.122. The lowest BCUT2D eigenvalue weighted by Gasteiger charge is -2.33. The maximum atomic E-state index is 13.6. The Balaban J connectivity index is 1.62. The summed E-state index contributed by atoms with van der Waals surface area (Å²) in [5.74, 6) is -1.28. The first-order valence-corrected chi connectivity index (χ1v) is 9.25. The predicted octanol–water partition coefficient (Wildman–Crippen LogP) is 4.27. The molecule has 2 aliphatic rings.